The van der Waals surface area contributed by atoms with Gasteiger partial charge in [-0.25, -0.2) is 9.97 Å². The Hall–Kier alpha value is -2.41. The van der Waals surface area contributed by atoms with E-state index >= 15 is 0 Å². The van der Waals surface area contributed by atoms with Crippen LogP contribution in [-0.2, 0) is 0 Å². The van der Waals surface area contributed by atoms with Gasteiger partial charge in [-0.1, -0.05) is 6.08 Å². The Labute approximate surface area is 152 Å². The number of aryl methyl sites for hydroxylation is 2. The number of piperazine rings is 1. The molecule has 0 spiro atoms. The van der Waals surface area contributed by atoms with Crippen molar-refractivity contribution in [2.24, 2.45) is 0 Å². The maximum absolute atomic E-state index is 11.9. The summed E-state index contributed by atoms with van der Waals surface area (Å²) in [5.41, 5.74) is 1.69. The zero-order valence-electron chi connectivity index (χ0n) is 14.7. The number of nitrogens with one attached hydrogen (secondary N) is 1. The number of amides is 1. The smallest absolute Gasteiger partial charge is 0.253 e. The van der Waals surface area contributed by atoms with E-state index < -0.39 is 0 Å². The minimum Gasteiger partial charge on any atom is -0.353 e. The topological polar surface area (TPSA) is 61.4 Å². The molecule has 0 radical (unpaired) electrons. The number of nitrogens with zero attached hydrogens (tertiary/aromatic N) is 4. The number of hydrogen-bond donors (Lipinski definition) is 1. The lowest BCUT2D eigenvalue weighted by molar-refractivity contribution is 0.0957. The molecule has 1 N–H and O–H groups in total. The molecule has 2 aromatic rings. The van der Waals surface area contributed by atoms with Crippen molar-refractivity contribution in [3.63, 3.8) is 0 Å². The van der Waals surface area contributed by atoms with Crippen molar-refractivity contribution in [2.75, 3.05) is 42.5 Å². The van der Waals surface area contributed by atoms with Crippen LogP contribution < -0.4 is 15.1 Å². The van der Waals surface area contributed by atoms with E-state index in [-0.39, 0.29) is 5.91 Å². The van der Waals surface area contributed by atoms with Gasteiger partial charge in [0, 0.05) is 43.8 Å². The van der Waals surface area contributed by atoms with Gasteiger partial charge in [0.05, 0.1) is 11.3 Å². The molecule has 1 aliphatic heterocycles. The standard InChI is InChI=1S/C18H23N5OS/c1-4-7-19-17(24)15-5-6-16(20-12-15)22-8-10-23(11-9-22)18-21-13(2)14(3)25-18/h4-6,12H,1,7-11H2,2-3H3,(H,19,24). The Bertz CT molecular complexity index is 728. The summed E-state index contributed by atoms with van der Waals surface area (Å²) >= 11 is 1.76. The molecule has 0 saturated carbocycles. The van der Waals surface area contributed by atoms with Crippen LogP contribution in [0.25, 0.3) is 0 Å². The summed E-state index contributed by atoms with van der Waals surface area (Å²) in [6.07, 6.45) is 3.29. The first-order chi connectivity index (χ1) is 12.1. The third-order valence-electron chi connectivity index (χ3n) is 4.31. The fourth-order valence-corrected chi connectivity index (χ4v) is 3.65. The van der Waals surface area contributed by atoms with Crippen LogP contribution in [0.2, 0.25) is 0 Å². The van der Waals surface area contributed by atoms with Gasteiger partial charge in [0.25, 0.3) is 5.91 Å². The average molecular weight is 357 g/mol. The van der Waals surface area contributed by atoms with E-state index in [1.807, 2.05) is 12.1 Å². The fourth-order valence-electron chi connectivity index (χ4n) is 2.69. The number of aromatic nitrogens is 2. The largest absolute Gasteiger partial charge is 0.353 e. The Morgan fingerprint density at radius 2 is 2.00 bits per heavy atom. The molecular weight excluding hydrogens is 334 g/mol. The second kappa shape index (κ2) is 7.65. The van der Waals surface area contributed by atoms with E-state index in [0.29, 0.717) is 12.1 Å². The third kappa shape index (κ3) is 3.99. The van der Waals surface area contributed by atoms with E-state index in [1.54, 1.807) is 23.6 Å². The molecule has 2 aromatic heterocycles. The molecule has 3 rings (SSSR count). The molecule has 132 valence electrons. The Kier molecular flexibility index (Phi) is 5.33. The van der Waals surface area contributed by atoms with Crippen LogP contribution in [0.3, 0.4) is 0 Å². The number of hydrogen-bond acceptors (Lipinski definition) is 6. The monoisotopic (exact) mass is 357 g/mol. The van der Waals surface area contributed by atoms with Crippen molar-refractivity contribution in [1.29, 1.82) is 0 Å². The van der Waals surface area contributed by atoms with Crippen LogP contribution in [0.5, 0.6) is 0 Å². The number of carbonyl (C=O) groups is 1. The average Bonchev–Trinajstić information content (AvgIpc) is 2.99. The number of anilines is 2. The van der Waals surface area contributed by atoms with Crippen molar-refractivity contribution in [1.82, 2.24) is 15.3 Å². The predicted molar refractivity (Wildman–Crippen MR) is 103 cm³/mol. The number of carbonyl (C=O) groups excluding carboxylic acids is 1. The minimum atomic E-state index is -0.127. The lowest BCUT2D eigenvalue weighted by Gasteiger charge is -2.35. The summed E-state index contributed by atoms with van der Waals surface area (Å²) in [7, 11) is 0. The van der Waals surface area contributed by atoms with Crippen LogP contribution in [-0.4, -0.2) is 48.6 Å². The Balaban J connectivity index is 1.59. The summed E-state index contributed by atoms with van der Waals surface area (Å²) < 4.78 is 0. The van der Waals surface area contributed by atoms with Gasteiger partial charge >= 0.3 is 0 Å². The van der Waals surface area contributed by atoms with Gasteiger partial charge in [-0.3, -0.25) is 4.79 Å². The van der Waals surface area contributed by atoms with Crippen LogP contribution in [0.15, 0.2) is 31.0 Å². The summed E-state index contributed by atoms with van der Waals surface area (Å²) in [5, 5.41) is 3.86. The van der Waals surface area contributed by atoms with Gasteiger partial charge < -0.3 is 15.1 Å². The van der Waals surface area contributed by atoms with E-state index in [4.69, 9.17) is 0 Å². The lowest BCUT2D eigenvalue weighted by atomic mass is 10.2. The van der Waals surface area contributed by atoms with Crippen molar-refractivity contribution >= 4 is 28.2 Å². The second-order valence-electron chi connectivity index (χ2n) is 6.02. The van der Waals surface area contributed by atoms with Gasteiger partial charge in [0.1, 0.15) is 5.82 Å². The SMILES string of the molecule is C=CCNC(=O)c1ccc(N2CCN(c3nc(C)c(C)s3)CC2)nc1. The molecule has 1 fully saturated rings. The molecule has 3 heterocycles. The highest BCUT2D eigenvalue weighted by Gasteiger charge is 2.21. The molecule has 0 unspecified atom stereocenters. The van der Waals surface area contributed by atoms with Gasteiger partial charge in [-0.15, -0.1) is 17.9 Å². The van der Waals surface area contributed by atoms with Gasteiger partial charge in [0.15, 0.2) is 5.13 Å². The molecule has 0 bridgehead atoms. The summed E-state index contributed by atoms with van der Waals surface area (Å²) in [4.78, 5) is 26.9. The van der Waals surface area contributed by atoms with Crippen molar-refractivity contribution in [3.8, 4) is 0 Å². The number of pyridine rings is 1. The zero-order valence-corrected chi connectivity index (χ0v) is 15.5. The summed E-state index contributed by atoms with van der Waals surface area (Å²) in [6.45, 7) is 11.9. The van der Waals surface area contributed by atoms with Gasteiger partial charge in [0.2, 0.25) is 0 Å². The third-order valence-corrected chi connectivity index (χ3v) is 5.44. The maximum atomic E-state index is 11.9. The first kappa shape index (κ1) is 17.4. The second-order valence-corrected chi connectivity index (χ2v) is 7.20. The number of rotatable bonds is 5. The van der Waals surface area contributed by atoms with E-state index in [0.717, 1.165) is 42.8 Å². The van der Waals surface area contributed by atoms with E-state index in [1.165, 1.54) is 4.88 Å². The maximum Gasteiger partial charge on any atom is 0.253 e. The highest BCUT2D eigenvalue weighted by molar-refractivity contribution is 7.15. The summed E-state index contributed by atoms with van der Waals surface area (Å²) in [5.74, 6) is 0.782. The van der Waals surface area contributed by atoms with Crippen molar-refractivity contribution < 1.29 is 4.79 Å². The Morgan fingerprint density at radius 1 is 1.28 bits per heavy atom. The molecule has 7 heteroatoms. The Morgan fingerprint density at radius 3 is 2.56 bits per heavy atom. The van der Waals surface area contributed by atoms with Gasteiger partial charge in [-0.05, 0) is 26.0 Å². The zero-order chi connectivity index (χ0) is 17.8. The van der Waals surface area contributed by atoms with Crippen LogP contribution in [0.1, 0.15) is 20.9 Å². The molecule has 1 amide bonds. The summed E-state index contributed by atoms with van der Waals surface area (Å²) in [6, 6.07) is 3.73. The first-order valence-corrected chi connectivity index (χ1v) is 9.19. The first-order valence-electron chi connectivity index (χ1n) is 8.37. The molecular formula is C18H23N5OS. The molecule has 1 saturated heterocycles. The number of thiazole rings is 1. The van der Waals surface area contributed by atoms with Crippen molar-refractivity contribution in [3.05, 3.63) is 47.1 Å². The van der Waals surface area contributed by atoms with Gasteiger partial charge in [-0.2, -0.15) is 0 Å². The predicted octanol–water partition coefficient (Wildman–Crippen LogP) is 2.40. The fraction of sp³-hybridized carbons (Fsp3) is 0.389. The van der Waals surface area contributed by atoms with E-state index in [2.05, 4.69) is 45.5 Å². The highest BCUT2D eigenvalue weighted by Crippen LogP contribution is 2.26. The molecule has 0 aliphatic carbocycles. The van der Waals surface area contributed by atoms with Crippen LogP contribution in [0.4, 0.5) is 10.9 Å². The molecule has 6 nitrogen and oxygen atoms in total. The molecule has 1 aliphatic rings. The molecule has 0 atom stereocenters. The van der Waals surface area contributed by atoms with Crippen molar-refractivity contribution in [2.45, 2.75) is 13.8 Å². The quantitative estimate of drug-likeness (QED) is 0.833. The van der Waals surface area contributed by atoms with Crippen LogP contribution >= 0.6 is 11.3 Å². The van der Waals surface area contributed by atoms with Crippen LogP contribution in [0, 0.1) is 13.8 Å². The van der Waals surface area contributed by atoms with E-state index in [9.17, 15) is 4.79 Å². The minimum absolute atomic E-state index is 0.127. The highest BCUT2D eigenvalue weighted by atomic mass is 32.1. The molecule has 0 aromatic carbocycles. The lowest BCUT2D eigenvalue weighted by Crippen LogP contribution is -2.46. The normalized spacial score (nSPS) is 14.5. The molecule has 25 heavy (non-hydrogen) atoms.